The van der Waals surface area contributed by atoms with Gasteiger partial charge in [-0.05, 0) is 73.2 Å². The van der Waals surface area contributed by atoms with Gasteiger partial charge in [0.15, 0.2) is 17.2 Å². The number of carbonyl (C=O) groups is 1. The summed E-state index contributed by atoms with van der Waals surface area (Å²) in [5.74, 6) is 1.22. The van der Waals surface area contributed by atoms with Crippen LogP contribution in [0.15, 0.2) is 83.8 Å². The number of carbonyl (C=O) groups excluding carboxylic acids is 1. The van der Waals surface area contributed by atoms with Gasteiger partial charge in [-0.2, -0.15) is 9.78 Å². The molecule has 39 heavy (non-hydrogen) atoms. The Kier molecular flexibility index (Phi) is 6.92. The Balaban J connectivity index is 1.41. The average Bonchev–Trinajstić information content (AvgIpc) is 2.94. The number of methoxy groups -OCH3 is 2. The van der Waals surface area contributed by atoms with Crippen molar-refractivity contribution in [3.05, 3.63) is 106 Å². The summed E-state index contributed by atoms with van der Waals surface area (Å²) < 4.78 is 31.2. The fourth-order valence-electron chi connectivity index (χ4n) is 3.99. The normalized spacial score (nSPS) is 10.8. The van der Waals surface area contributed by atoms with Gasteiger partial charge in [0.1, 0.15) is 17.3 Å². The van der Waals surface area contributed by atoms with Crippen molar-refractivity contribution in [1.29, 1.82) is 0 Å². The Hall–Kier alpha value is -5.25. The summed E-state index contributed by atoms with van der Waals surface area (Å²) in [6.45, 7) is 1.62. The van der Waals surface area contributed by atoms with Crippen LogP contribution < -0.4 is 25.1 Å². The Morgan fingerprint density at radius 1 is 0.897 bits per heavy atom. The highest BCUT2D eigenvalue weighted by Crippen LogP contribution is 2.36. The van der Waals surface area contributed by atoms with Crippen LogP contribution in [0.25, 0.3) is 16.6 Å². The van der Waals surface area contributed by atoms with Crippen LogP contribution in [0.1, 0.15) is 16.1 Å². The predicted molar refractivity (Wildman–Crippen MR) is 144 cm³/mol. The van der Waals surface area contributed by atoms with Crippen LogP contribution >= 0.6 is 0 Å². The number of benzene rings is 3. The lowest BCUT2D eigenvalue weighted by Gasteiger charge is -2.13. The Labute approximate surface area is 222 Å². The van der Waals surface area contributed by atoms with Crippen LogP contribution in [-0.2, 0) is 0 Å². The van der Waals surface area contributed by atoms with E-state index in [9.17, 15) is 14.0 Å². The molecule has 3 aromatic carbocycles. The molecule has 0 spiro atoms. The lowest BCUT2D eigenvalue weighted by molar-refractivity contribution is 0.102. The Bertz CT molecular complexity index is 1730. The molecule has 1 N–H and O–H groups in total. The molecule has 0 atom stereocenters. The highest BCUT2D eigenvalue weighted by atomic mass is 19.1. The number of anilines is 1. The van der Waals surface area contributed by atoms with Gasteiger partial charge >= 0.3 is 0 Å². The van der Waals surface area contributed by atoms with E-state index < -0.39 is 17.3 Å². The maximum absolute atomic E-state index is 13.2. The van der Waals surface area contributed by atoms with Gasteiger partial charge in [0, 0.05) is 29.4 Å². The van der Waals surface area contributed by atoms with Crippen molar-refractivity contribution in [3.8, 4) is 28.7 Å². The smallest absolute Gasteiger partial charge is 0.276 e. The molecule has 2 heterocycles. The van der Waals surface area contributed by atoms with E-state index in [4.69, 9.17) is 14.2 Å². The van der Waals surface area contributed by atoms with Crippen LogP contribution in [0.5, 0.6) is 23.0 Å². The van der Waals surface area contributed by atoms with Crippen molar-refractivity contribution >= 4 is 22.5 Å². The SMILES string of the molecule is COc1cc2nccc(Oc3ccc(-n4nc(C(=O)Nc5ccc(F)cc5)c(C)cc4=O)cc3)c2cc1OC. The van der Waals surface area contributed by atoms with Gasteiger partial charge in [0.25, 0.3) is 11.5 Å². The minimum Gasteiger partial charge on any atom is -0.493 e. The fourth-order valence-corrected chi connectivity index (χ4v) is 3.99. The van der Waals surface area contributed by atoms with E-state index in [1.807, 2.05) is 0 Å². The van der Waals surface area contributed by atoms with Crippen molar-refractivity contribution in [2.75, 3.05) is 19.5 Å². The summed E-state index contributed by atoms with van der Waals surface area (Å²) in [7, 11) is 3.11. The van der Waals surface area contributed by atoms with Gasteiger partial charge in [-0.15, -0.1) is 0 Å². The largest absolute Gasteiger partial charge is 0.493 e. The zero-order valence-corrected chi connectivity index (χ0v) is 21.3. The number of nitrogens with one attached hydrogen (secondary N) is 1. The molecule has 0 unspecified atom stereocenters. The van der Waals surface area contributed by atoms with Gasteiger partial charge < -0.3 is 19.5 Å². The van der Waals surface area contributed by atoms with Crippen LogP contribution in [0.3, 0.4) is 0 Å². The molecule has 9 nitrogen and oxygen atoms in total. The maximum Gasteiger partial charge on any atom is 0.276 e. The van der Waals surface area contributed by atoms with E-state index in [1.54, 1.807) is 69.8 Å². The molecule has 0 saturated carbocycles. The molecular formula is C29H23FN4O5. The molecule has 5 rings (SSSR count). The number of rotatable bonds is 7. The number of hydrogen-bond acceptors (Lipinski definition) is 7. The van der Waals surface area contributed by atoms with E-state index in [0.29, 0.717) is 45.5 Å². The molecule has 0 radical (unpaired) electrons. The molecule has 0 saturated heterocycles. The standard InChI is InChI=1S/C29H23FN4O5/c1-17-14-27(35)34(33-28(17)29(36)32-19-6-4-18(30)5-7-19)20-8-10-21(11-9-20)39-24-12-13-31-23-16-26(38-3)25(37-2)15-22(23)24/h4-16H,1-3H3,(H,32,36). The van der Waals surface area contributed by atoms with E-state index in [-0.39, 0.29) is 5.69 Å². The number of pyridine rings is 1. The van der Waals surface area contributed by atoms with Crippen molar-refractivity contribution < 1.29 is 23.4 Å². The number of aryl methyl sites for hydroxylation is 1. The summed E-state index contributed by atoms with van der Waals surface area (Å²) in [6.07, 6.45) is 1.63. The number of fused-ring (bicyclic) bond motifs is 1. The van der Waals surface area contributed by atoms with Gasteiger partial charge in [-0.25, -0.2) is 4.39 Å². The van der Waals surface area contributed by atoms with E-state index >= 15 is 0 Å². The predicted octanol–water partition coefficient (Wildman–Crippen LogP) is 5.29. The summed E-state index contributed by atoms with van der Waals surface area (Å²) in [5.41, 5.74) is 1.58. The van der Waals surface area contributed by atoms with Crippen LogP contribution in [0.2, 0.25) is 0 Å². The van der Waals surface area contributed by atoms with Crippen LogP contribution in [-0.4, -0.2) is 34.9 Å². The molecular weight excluding hydrogens is 503 g/mol. The second-order valence-corrected chi connectivity index (χ2v) is 8.52. The lowest BCUT2D eigenvalue weighted by atomic mass is 10.2. The van der Waals surface area contributed by atoms with Crippen LogP contribution in [0.4, 0.5) is 10.1 Å². The number of ether oxygens (including phenoxy) is 3. The lowest BCUT2D eigenvalue weighted by Crippen LogP contribution is -2.26. The molecule has 5 aromatic rings. The van der Waals surface area contributed by atoms with Gasteiger partial charge in [0.05, 0.1) is 25.4 Å². The van der Waals surface area contributed by atoms with Crippen molar-refractivity contribution in [2.24, 2.45) is 0 Å². The first-order valence-electron chi connectivity index (χ1n) is 11.8. The quantitative estimate of drug-likeness (QED) is 0.307. The minimum absolute atomic E-state index is 0.0619. The molecule has 0 aliphatic rings. The number of nitrogens with zero attached hydrogens (tertiary/aromatic N) is 3. The molecule has 10 heteroatoms. The van der Waals surface area contributed by atoms with Crippen LogP contribution in [0, 0.1) is 12.7 Å². The number of aromatic nitrogens is 3. The third-order valence-corrected chi connectivity index (χ3v) is 5.96. The van der Waals surface area contributed by atoms with E-state index in [0.717, 1.165) is 10.1 Å². The van der Waals surface area contributed by atoms with Gasteiger partial charge in [-0.3, -0.25) is 14.6 Å². The minimum atomic E-state index is -0.524. The number of hydrogen-bond donors (Lipinski definition) is 1. The fraction of sp³-hybridized carbons (Fsp3) is 0.103. The first-order valence-corrected chi connectivity index (χ1v) is 11.8. The molecule has 0 aliphatic carbocycles. The number of halogens is 1. The summed E-state index contributed by atoms with van der Waals surface area (Å²) in [6, 6.07) is 18.7. The average molecular weight is 527 g/mol. The molecule has 0 fully saturated rings. The molecule has 196 valence electrons. The zero-order valence-electron chi connectivity index (χ0n) is 21.3. The van der Waals surface area contributed by atoms with Crippen molar-refractivity contribution in [2.45, 2.75) is 6.92 Å². The molecule has 1 amide bonds. The first-order chi connectivity index (χ1) is 18.9. The van der Waals surface area contributed by atoms with E-state index in [2.05, 4.69) is 15.4 Å². The first kappa shape index (κ1) is 25.4. The third-order valence-electron chi connectivity index (χ3n) is 5.96. The summed E-state index contributed by atoms with van der Waals surface area (Å²) >= 11 is 0. The monoisotopic (exact) mass is 526 g/mol. The second-order valence-electron chi connectivity index (χ2n) is 8.52. The van der Waals surface area contributed by atoms with E-state index in [1.165, 1.54) is 30.3 Å². The van der Waals surface area contributed by atoms with Gasteiger partial charge in [0.2, 0.25) is 0 Å². The number of amides is 1. The van der Waals surface area contributed by atoms with Gasteiger partial charge in [-0.1, -0.05) is 0 Å². The second kappa shape index (κ2) is 10.6. The summed E-state index contributed by atoms with van der Waals surface area (Å²) in [5, 5.41) is 7.68. The van der Waals surface area contributed by atoms with Crippen molar-refractivity contribution in [3.63, 3.8) is 0 Å². The topological polar surface area (TPSA) is 105 Å². The zero-order chi connectivity index (χ0) is 27.5. The maximum atomic E-state index is 13.2. The highest BCUT2D eigenvalue weighted by molar-refractivity contribution is 6.03. The third kappa shape index (κ3) is 5.26. The molecule has 0 aliphatic heterocycles. The van der Waals surface area contributed by atoms with Crippen molar-refractivity contribution in [1.82, 2.24) is 14.8 Å². The summed E-state index contributed by atoms with van der Waals surface area (Å²) in [4.78, 5) is 29.9. The molecule has 0 bridgehead atoms. The Morgan fingerprint density at radius 2 is 1.59 bits per heavy atom. The molecule has 2 aromatic heterocycles. The highest BCUT2D eigenvalue weighted by Gasteiger charge is 2.16. The Morgan fingerprint density at radius 3 is 2.28 bits per heavy atom.